The highest BCUT2D eigenvalue weighted by atomic mass is 16.3. The lowest BCUT2D eigenvalue weighted by Gasteiger charge is -2.27. The van der Waals surface area contributed by atoms with E-state index in [0.29, 0.717) is 0 Å². The summed E-state index contributed by atoms with van der Waals surface area (Å²) in [5.74, 6) is 0.281. The van der Waals surface area contributed by atoms with Gasteiger partial charge in [-0.05, 0) is 56.5 Å². The van der Waals surface area contributed by atoms with E-state index >= 15 is 0 Å². The van der Waals surface area contributed by atoms with E-state index in [9.17, 15) is 5.11 Å². The number of aryl methyl sites for hydroxylation is 1. The SMILES string of the molecule is CC1(O)CCCCC1.Cc1nc(N)nn2ccc(-c3ccn4nccc4c3)c12. The van der Waals surface area contributed by atoms with Crippen LogP contribution in [0.5, 0.6) is 0 Å². The molecule has 5 rings (SSSR count). The van der Waals surface area contributed by atoms with Crippen molar-refractivity contribution in [2.45, 2.75) is 51.6 Å². The number of anilines is 1. The molecule has 146 valence electrons. The van der Waals surface area contributed by atoms with Crippen LogP contribution in [0.1, 0.15) is 44.7 Å². The van der Waals surface area contributed by atoms with Crippen LogP contribution in [0.15, 0.2) is 42.9 Å². The highest BCUT2D eigenvalue weighted by Crippen LogP contribution is 2.28. The third-order valence-electron chi connectivity index (χ3n) is 5.34. The third-order valence-corrected chi connectivity index (χ3v) is 5.34. The molecule has 4 heterocycles. The summed E-state index contributed by atoms with van der Waals surface area (Å²) in [6.45, 7) is 3.88. The summed E-state index contributed by atoms with van der Waals surface area (Å²) in [6, 6.07) is 8.13. The summed E-state index contributed by atoms with van der Waals surface area (Å²) in [7, 11) is 0. The Hall–Kier alpha value is -2.93. The molecular weight excluding hydrogens is 352 g/mol. The quantitative estimate of drug-likeness (QED) is 0.527. The molecule has 1 aliphatic rings. The van der Waals surface area contributed by atoms with Gasteiger partial charge in [-0.1, -0.05) is 19.3 Å². The fourth-order valence-corrected chi connectivity index (χ4v) is 3.86. The number of aromatic nitrogens is 5. The Morgan fingerprint density at radius 1 is 1.07 bits per heavy atom. The molecule has 4 aromatic heterocycles. The molecule has 1 aliphatic carbocycles. The number of aliphatic hydroxyl groups is 1. The van der Waals surface area contributed by atoms with Crippen molar-refractivity contribution in [2.24, 2.45) is 0 Å². The van der Waals surface area contributed by atoms with Gasteiger partial charge in [-0.2, -0.15) is 5.10 Å². The van der Waals surface area contributed by atoms with E-state index in [1.54, 1.807) is 10.7 Å². The van der Waals surface area contributed by atoms with E-state index in [4.69, 9.17) is 5.73 Å². The molecule has 0 aromatic carbocycles. The molecule has 28 heavy (non-hydrogen) atoms. The normalized spacial score (nSPS) is 16.1. The van der Waals surface area contributed by atoms with E-state index in [1.807, 2.05) is 49.0 Å². The van der Waals surface area contributed by atoms with Crippen LogP contribution in [0.25, 0.3) is 22.2 Å². The van der Waals surface area contributed by atoms with Gasteiger partial charge in [0.05, 0.1) is 22.3 Å². The summed E-state index contributed by atoms with van der Waals surface area (Å²) in [5.41, 5.74) is 10.4. The van der Waals surface area contributed by atoms with Crippen LogP contribution >= 0.6 is 0 Å². The van der Waals surface area contributed by atoms with Gasteiger partial charge in [0.25, 0.3) is 0 Å². The van der Waals surface area contributed by atoms with Crippen LogP contribution in [-0.4, -0.2) is 34.9 Å². The zero-order valence-electron chi connectivity index (χ0n) is 16.3. The Labute approximate surface area is 163 Å². The third kappa shape index (κ3) is 3.71. The Morgan fingerprint density at radius 2 is 1.82 bits per heavy atom. The minimum atomic E-state index is -0.321. The van der Waals surface area contributed by atoms with Crippen molar-refractivity contribution in [1.82, 2.24) is 24.2 Å². The molecule has 0 spiro atoms. The molecule has 1 saturated carbocycles. The average Bonchev–Trinajstić information content (AvgIpc) is 3.27. The summed E-state index contributed by atoms with van der Waals surface area (Å²) >= 11 is 0. The molecule has 3 N–H and O–H groups in total. The van der Waals surface area contributed by atoms with Gasteiger partial charge in [-0.25, -0.2) is 14.0 Å². The van der Waals surface area contributed by atoms with Crippen LogP contribution in [0.4, 0.5) is 5.95 Å². The first-order valence-electron chi connectivity index (χ1n) is 9.71. The van der Waals surface area contributed by atoms with Crippen molar-refractivity contribution in [3.63, 3.8) is 0 Å². The van der Waals surface area contributed by atoms with Gasteiger partial charge in [0.15, 0.2) is 0 Å². The second-order valence-electron chi connectivity index (χ2n) is 7.75. The number of nitrogens with two attached hydrogens (primary N) is 1. The van der Waals surface area contributed by atoms with Gasteiger partial charge in [0, 0.05) is 24.2 Å². The first-order chi connectivity index (χ1) is 13.4. The molecule has 7 nitrogen and oxygen atoms in total. The standard InChI is InChI=1S/C14H12N6.C7H14O/c1-9-13-12(4-7-20(13)18-14(15)17-9)10-3-6-19-11(8-10)2-5-16-19;1-7(8)5-3-2-4-6-7/h2-8H,1H3,(H2,15,18);8H,2-6H2,1H3. The van der Waals surface area contributed by atoms with Crippen molar-refractivity contribution in [3.8, 4) is 11.1 Å². The highest BCUT2D eigenvalue weighted by Gasteiger charge is 2.22. The lowest BCUT2D eigenvalue weighted by molar-refractivity contribution is 0.0225. The molecule has 0 radical (unpaired) electrons. The van der Waals surface area contributed by atoms with E-state index in [0.717, 1.165) is 40.7 Å². The second-order valence-corrected chi connectivity index (χ2v) is 7.75. The maximum atomic E-state index is 9.37. The molecule has 0 aliphatic heterocycles. The molecule has 0 amide bonds. The average molecular weight is 378 g/mol. The topological polar surface area (TPSA) is 93.7 Å². The van der Waals surface area contributed by atoms with Crippen molar-refractivity contribution < 1.29 is 5.11 Å². The molecule has 0 unspecified atom stereocenters. The Balaban J connectivity index is 0.000000203. The fraction of sp³-hybridized carbons (Fsp3) is 0.381. The first kappa shape index (κ1) is 18.4. The Kier molecular flexibility index (Phi) is 4.77. The number of rotatable bonds is 1. The summed E-state index contributed by atoms with van der Waals surface area (Å²) in [5, 5.41) is 17.8. The molecule has 0 bridgehead atoms. The largest absolute Gasteiger partial charge is 0.390 e. The minimum Gasteiger partial charge on any atom is -0.390 e. The number of hydrogen-bond acceptors (Lipinski definition) is 5. The Morgan fingerprint density at radius 3 is 2.54 bits per heavy atom. The lowest BCUT2D eigenvalue weighted by Crippen LogP contribution is -2.26. The molecule has 4 aromatic rings. The van der Waals surface area contributed by atoms with Crippen LogP contribution in [0.2, 0.25) is 0 Å². The fourth-order valence-electron chi connectivity index (χ4n) is 3.86. The first-order valence-corrected chi connectivity index (χ1v) is 9.71. The lowest BCUT2D eigenvalue weighted by atomic mass is 9.87. The zero-order valence-corrected chi connectivity index (χ0v) is 16.3. The molecule has 0 saturated heterocycles. The summed E-state index contributed by atoms with van der Waals surface area (Å²) in [4.78, 5) is 4.24. The molecule has 1 fully saturated rings. The Bertz CT molecular complexity index is 1100. The molecule has 0 atom stereocenters. The summed E-state index contributed by atoms with van der Waals surface area (Å²) in [6.07, 6.45) is 11.4. The van der Waals surface area contributed by atoms with Crippen LogP contribution < -0.4 is 5.73 Å². The predicted octanol–water partition coefficient (Wildman–Crippen LogP) is 3.64. The number of hydrogen-bond donors (Lipinski definition) is 2. The van der Waals surface area contributed by atoms with Crippen molar-refractivity contribution >= 4 is 17.0 Å². The highest BCUT2D eigenvalue weighted by molar-refractivity contribution is 5.83. The maximum Gasteiger partial charge on any atom is 0.238 e. The van der Waals surface area contributed by atoms with E-state index in [1.165, 1.54) is 19.3 Å². The van der Waals surface area contributed by atoms with Crippen LogP contribution in [-0.2, 0) is 0 Å². The van der Waals surface area contributed by atoms with Crippen molar-refractivity contribution in [2.75, 3.05) is 5.73 Å². The van der Waals surface area contributed by atoms with Gasteiger partial charge in [-0.3, -0.25) is 0 Å². The smallest absolute Gasteiger partial charge is 0.238 e. The maximum absolute atomic E-state index is 9.37. The van der Waals surface area contributed by atoms with Gasteiger partial charge >= 0.3 is 0 Å². The van der Waals surface area contributed by atoms with E-state index in [2.05, 4.69) is 21.2 Å². The van der Waals surface area contributed by atoms with Crippen LogP contribution in [0, 0.1) is 6.92 Å². The molecular formula is C21H26N6O. The van der Waals surface area contributed by atoms with Gasteiger partial charge in [-0.15, -0.1) is 5.10 Å². The number of pyridine rings is 1. The predicted molar refractivity (Wildman–Crippen MR) is 110 cm³/mol. The van der Waals surface area contributed by atoms with Gasteiger partial charge in [0.2, 0.25) is 5.95 Å². The van der Waals surface area contributed by atoms with Gasteiger partial charge < -0.3 is 10.8 Å². The number of fused-ring (bicyclic) bond motifs is 2. The minimum absolute atomic E-state index is 0.281. The number of nitrogen functional groups attached to an aromatic ring is 1. The monoisotopic (exact) mass is 378 g/mol. The number of nitrogens with zero attached hydrogens (tertiary/aromatic N) is 5. The van der Waals surface area contributed by atoms with E-state index < -0.39 is 0 Å². The van der Waals surface area contributed by atoms with Gasteiger partial charge in [0.1, 0.15) is 0 Å². The molecule has 7 heteroatoms. The van der Waals surface area contributed by atoms with Crippen molar-refractivity contribution in [3.05, 3.63) is 48.5 Å². The van der Waals surface area contributed by atoms with E-state index in [-0.39, 0.29) is 11.5 Å². The van der Waals surface area contributed by atoms with Crippen LogP contribution in [0.3, 0.4) is 0 Å². The second kappa shape index (κ2) is 7.24. The zero-order chi connectivity index (χ0) is 19.7. The van der Waals surface area contributed by atoms with Crippen molar-refractivity contribution in [1.29, 1.82) is 0 Å². The summed E-state index contributed by atoms with van der Waals surface area (Å²) < 4.78 is 3.61.